The van der Waals surface area contributed by atoms with E-state index in [4.69, 9.17) is 4.74 Å². The Bertz CT molecular complexity index is 969. The van der Waals surface area contributed by atoms with E-state index in [0.29, 0.717) is 27.8 Å². The maximum absolute atomic E-state index is 13.0. The van der Waals surface area contributed by atoms with Crippen molar-refractivity contribution in [2.75, 3.05) is 17.7 Å². The van der Waals surface area contributed by atoms with E-state index in [1.165, 1.54) is 17.8 Å². The Morgan fingerprint density at radius 2 is 2.29 bits per heavy atom. The molecular formula is C20H22N4O3S. The number of nitrogens with zero attached hydrogens (tertiary/aromatic N) is 2. The number of thioether (sulfide) groups is 1. The second-order valence-electron chi connectivity index (χ2n) is 6.25. The third-order valence-electron chi connectivity index (χ3n) is 4.23. The van der Waals surface area contributed by atoms with Crippen LogP contribution in [0.15, 0.2) is 58.4 Å². The van der Waals surface area contributed by atoms with Gasteiger partial charge in [-0.2, -0.15) is 0 Å². The highest BCUT2D eigenvalue weighted by atomic mass is 32.2. The van der Waals surface area contributed by atoms with Gasteiger partial charge in [-0.3, -0.25) is 9.78 Å². The average molecular weight is 398 g/mol. The number of aromatic nitrogens is 3. The van der Waals surface area contributed by atoms with E-state index in [2.05, 4.69) is 33.8 Å². The quantitative estimate of drug-likeness (QED) is 0.320. The first-order valence-electron chi connectivity index (χ1n) is 8.99. The molecule has 0 saturated heterocycles. The minimum atomic E-state index is -0.622. The molecule has 0 bridgehead atoms. The zero-order valence-corrected chi connectivity index (χ0v) is 16.6. The van der Waals surface area contributed by atoms with Gasteiger partial charge in [-0.15, -0.1) is 0 Å². The number of rotatable bonds is 7. The van der Waals surface area contributed by atoms with Crippen molar-refractivity contribution >= 4 is 23.5 Å². The van der Waals surface area contributed by atoms with Gasteiger partial charge < -0.3 is 15.0 Å². The summed E-state index contributed by atoms with van der Waals surface area (Å²) in [6, 6.07) is 3.60. The lowest BCUT2D eigenvalue weighted by Crippen LogP contribution is -2.31. The lowest BCUT2D eigenvalue weighted by molar-refractivity contribution is -0.138. The standard InChI is InChI=1S/C20H22N4O3S/c1-4-9-27-19(26)14-12(3)22-17-16(15(14)13-7-6-8-21-11-13)18(25)24-20(23-17)28-10-5-2/h4,6-8,11,15H,1,5,9-10H2,2-3H3,(H2,22,23,24,25)/t15-/m0/s1. The van der Waals surface area contributed by atoms with E-state index in [1.54, 1.807) is 25.4 Å². The average Bonchev–Trinajstić information content (AvgIpc) is 2.70. The number of esters is 1. The number of aromatic amines is 1. The Morgan fingerprint density at radius 1 is 1.46 bits per heavy atom. The number of carbonyl (C=O) groups is 1. The number of allylic oxidation sites excluding steroid dienone is 1. The second-order valence-corrected chi connectivity index (χ2v) is 7.34. The van der Waals surface area contributed by atoms with Crippen molar-refractivity contribution in [3.63, 3.8) is 0 Å². The fourth-order valence-electron chi connectivity index (χ4n) is 3.06. The van der Waals surface area contributed by atoms with Crippen LogP contribution < -0.4 is 10.9 Å². The molecule has 3 rings (SSSR count). The predicted octanol–water partition coefficient (Wildman–Crippen LogP) is 3.23. The van der Waals surface area contributed by atoms with E-state index >= 15 is 0 Å². The maximum atomic E-state index is 13.0. The molecule has 2 aromatic heterocycles. The van der Waals surface area contributed by atoms with E-state index in [9.17, 15) is 9.59 Å². The monoisotopic (exact) mass is 398 g/mol. The van der Waals surface area contributed by atoms with Crippen LogP contribution in [0.4, 0.5) is 5.82 Å². The highest BCUT2D eigenvalue weighted by Crippen LogP contribution is 2.39. The van der Waals surface area contributed by atoms with Gasteiger partial charge in [0.2, 0.25) is 0 Å². The first-order valence-corrected chi connectivity index (χ1v) is 9.98. The van der Waals surface area contributed by atoms with Crippen molar-refractivity contribution in [2.45, 2.75) is 31.3 Å². The van der Waals surface area contributed by atoms with Gasteiger partial charge in [0.15, 0.2) is 5.16 Å². The third-order valence-corrected chi connectivity index (χ3v) is 5.31. The number of carbonyl (C=O) groups excluding carboxylic acids is 1. The Kier molecular flexibility index (Phi) is 6.30. The summed E-state index contributed by atoms with van der Waals surface area (Å²) < 4.78 is 5.27. The highest BCUT2D eigenvalue weighted by Gasteiger charge is 2.36. The van der Waals surface area contributed by atoms with E-state index in [0.717, 1.165) is 17.7 Å². The Balaban J connectivity index is 2.14. The fraction of sp³-hybridized carbons (Fsp3) is 0.300. The molecule has 0 aromatic carbocycles. The van der Waals surface area contributed by atoms with Crippen molar-refractivity contribution in [1.29, 1.82) is 0 Å². The van der Waals surface area contributed by atoms with Crippen LogP contribution in [0, 0.1) is 0 Å². The molecular weight excluding hydrogens is 376 g/mol. The predicted molar refractivity (Wildman–Crippen MR) is 109 cm³/mol. The number of hydrogen-bond donors (Lipinski definition) is 2. The molecule has 3 heterocycles. The first kappa shape index (κ1) is 19.9. The number of hydrogen-bond acceptors (Lipinski definition) is 7. The first-order chi connectivity index (χ1) is 13.6. The normalized spacial score (nSPS) is 15.6. The van der Waals surface area contributed by atoms with E-state index in [1.807, 2.05) is 6.07 Å². The van der Waals surface area contributed by atoms with Crippen molar-refractivity contribution in [2.24, 2.45) is 0 Å². The Morgan fingerprint density at radius 3 is 2.96 bits per heavy atom. The van der Waals surface area contributed by atoms with Crippen molar-refractivity contribution in [3.05, 3.63) is 69.9 Å². The van der Waals surface area contributed by atoms with Gasteiger partial charge >= 0.3 is 5.97 Å². The Hall–Kier alpha value is -2.87. The number of fused-ring (bicyclic) bond motifs is 1. The van der Waals surface area contributed by atoms with E-state index in [-0.39, 0.29) is 12.2 Å². The van der Waals surface area contributed by atoms with Crippen LogP contribution in [0.25, 0.3) is 0 Å². The molecule has 0 aliphatic carbocycles. The molecule has 1 atom stereocenters. The summed E-state index contributed by atoms with van der Waals surface area (Å²) in [5.74, 6) is 0.174. The largest absolute Gasteiger partial charge is 0.458 e. The summed E-state index contributed by atoms with van der Waals surface area (Å²) in [7, 11) is 0. The van der Waals surface area contributed by atoms with Crippen LogP contribution in [-0.4, -0.2) is 33.3 Å². The molecule has 1 aliphatic heterocycles. The van der Waals surface area contributed by atoms with Gasteiger partial charge in [0.1, 0.15) is 12.4 Å². The van der Waals surface area contributed by atoms with Crippen molar-refractivity contribution in [1.82, 2.24) is 15.0 Å². The summed E-state index contributed by atoms with van der Waals surface area (Å²) in [5, 5.41) is 3.66. The highest BCUT2D eigenvalue weighted by molar-refractivity contribution is 7.99. The topological polar surface area (TPSA) is 97.0 Å². The summed E-state index contributed by atoms with van der Waals surface area (Å²) in [6.07, 6.45) is 5.76. The smallest absolute Gasteiger partial charge is 0.337 e. The Labute approximate surface area is 167 Å². The molecule has 2 N–H and O–H groups in total. The van der Waals surface area contributed by atoms with Gasteiger partial charge in [-0.05, 0) is 25.0 Å². The van der Waals surface area contributed by atoms with Crippen LogP contribution >= 0.6 is 11.8 Å². The number of pyridine rings is 1. The van der Waals surface area contributed by atoms with Crippen LogP contribution in [0.5, 0.6) is 0 Å². The molecule has 8 heteroatoms. The molecule has 2 aromatic rings. The zero-order chi connectivity index (χ0) is 20.1. The second kappa shape index (κ2) is 8.88. The van der Waals surface area contributed by atoms with Crippen LogP contribution in [-0.2, 0) is 9.53 Å². The van der Waals surface area contributed by atoms with Gasteiger partial charge in [0, 0.05) is 23.8 Å². The maximum Gasteiger partial charge on any atom is 0.337 e. The van der Waals surface area contributed by atoms with Gasteiger partial charge in [-0.25, -0.2) is 9.78 Å². The van der Waals surface area contributed by atoms with Crippen LogP contribution in [0.2, 0.25) is 0 Å². The number of ether oxygens (including phenoxy) is 1. The molecule has 0 amide bonds. The third kappa shape index (κ3) is 4.01. The molecule has 28 heavy (non-hydrogen) atoms. The summed E-state index contributed by atoms with van der Waals surface area (Å²) in [6.45, 7) is 7.50. The molecule has 1 aliphatic rings. The summed E-state index contributed by atoms with van der Waals surface area (Å²) in [5.41, 5.74) is 1.77. The number of anilines is 1. The zero-order valence-electron chi connectivity index (χ0n) is 15.8. The van der Waals surface area contributed by atoms with Crippen molar-refractivity contribution < 1.29 is 9.53 Å². The molecule has 0 saturated carbocycles. The number of nitrogens with one attached hydrogen (secondary N) is 2. The molecule has 7 nitrogen and oxygen atoms in total. The molecule has 0 spiro atoms. The molecule has 0 radical (unpaired) electrons. The van der Waals surface area contributed by atoms with Crippen LogP contribution in [0.3, 0.4) is 0 Å². The minimum Gasteiger partial charge on any atom is -0.458 e. The lowest BCUT2D eigenvalue weighted by Gasteiger charge is -2.28. The molecule has 146 valence electrons. The fourth-order valence-corrected chi connectivity index (χ4v) is 3.78. The summed E-state index contributed by atoms with van der Waals surface area (Å²) >= 11 is 1.49. The lowest BCUT2D eigenvalue weighted by atomic mass is 9.83. The molecule has 0 unspecified atom stereocenters. The van der Waals surface area contributed by atoms with Gasteiger partial charge in [0.05, 0.1) is 17.1 Å². The SMILES string of the molecule is C=CCOC(=O)C1=C(C)Nc2nc(SCCC)[nH]c(=O)c2[C@H]1c1cccnc1. The van der Waals surface area contributed by atoms with Gasteiger partial charge in [0.25, 0.3) is 5.56 Å². The molecule has 0 fully saturated rings. The van der Waals surface area contributed by atoms with Crippen molar-refractivity contribution in [3.8, 4) is 0 Å². The minimum absolute atomic E-state index is 0.0867. The van der Waals surface area contributed by atoms with Gasteiger partial charge in [-0.1, -0.05) is 37.4 Å². The number of H-pyrrole nitrogens is 1. The van der Waals surface area contributed by atoms with Crippen LogP contribution in [0.1, 0.15) is 37.3 Å². The van der Waals surface area contributed by atoms with E-state index < -0.39 is 11.9 Å². The summed E-state index contributed by atoms with van der Waals surface area (Å²) in [4.78, 5) is 37.3.